The molecule has 0 saturated heterocycles. The molecule has 74 valence electrons. The standard InChI is InChI=1S/C12H16N2/c1-9-4-3-5-11-12(9)10(6-7-13)8-14(11)2/h3-5,8H,6-7,13H2,1-2H3. The van der Waals surface area contributed by atoms with Crippen LogP contribution in [0.1, 0.15) is 11.1 Å². The maximum atomic E-state index is 5.60. The third-order valence-electron chi connectivity index (χ3n) is 2.72. The first-order chi connectivity index (χ1) is 6.74. The van der Waals surface area contributed by atoms with Crippen LogP contribution in [0.2, 0.25) is 0 Å². The molecular formula is C12H16N2. The highest BCUT2D eigenvalue weighted by Crippen LogP contribution is 2.24. The summed E-state index contributed by atoms with van der Waals surface area (Å²) in [6.45, 7) is 2.87. The Bertz CT molecular complexity index is 455. The van der Waals surface area contributed by atoms with Crippen molar-refractivity contribution in [1.82, 2.24) is 4.57 Å². The Morgan fingerprint density at radius 2 is 2.14 bits per heavy atom. The second-order valence-corrected chi connectivity index (χ2v) is 3.77. The van der Waals surface area contributed by atoms with Gasteiger partial charge >= 0.3 is 0 Å². The second-order valence-electron chi connectivity index (χ2n) is 3.77. The summed E-state index contributed by atoms with van der Waals surface area (Å²) in [5, 5.41) is 1.38. The first-order valence-electron chi connectivity index (χ1n) is 4.97. The Hall–Kier alpha value is -1.28. The Balaban J connectivity index is 2.72. The van der Waals surface area contributed by atoms with E-state index in [2.05, 4.69) is 42.9 Å². The third-order valence-corrected chi connectivity index (χ3v) is 2.72. The van der Waals surface area contributed by atoms with E-state index in [1.165, 1.54) is 22.0 Å². The monoisotopic (exact) mass is 188 g/mol. The molecule has 14 heavy (non-hydrogen) atoms. The highest BCUT2D eigenvalue weighted by atomic mass is 14.9. The second kappa shape index (κ2) is 3.46. The van der Waals surface area contributed by atoms with Crippen molar-refractivity contribution in [2.24, 2.45) is 12.8 Å². The maximum absolute atomic E-state index is 5.60. The fraction of sp³-hybridized carbons (Fsp3) is 0.333. The molecule has 1 aromatic carbocycles. The fourth-order valence-corrected chi connectivity index (χ4v) is 2.08. The van der Waals surface area contributed by atoms with E-state index in [1.807, 2.05) is 0 Å². The molecule has 0 aliphatic rings. The van der Waals surface area contributed by atoms with E-state index in [4.69, 9.17) is 5.73 Å². The smallest absolute Gasteiger partial charge is 0.0483 e. The first-order valence-corrected chi connectivity index (χ1v) is 4.97. The molecule has 0 saturated carbocycles. The van der Waals surface area contributed by atoms with Gasteiger partial charge in [-0.15, -0.1) is 0 Å². The van der Waals surface area contributed by atoms with Gasteiger partial charge in [0.1, 0.15) is 0 Å². The van der Waals surface area contributed by atoms with Crippen molar-refractivity contribution in [2.45, 2.75) is 13.3 Å². The number of nitrogens with two attached hydrogens (primary N) is 1. The molecule has 0 unspecified atom stereocenters. The van der Waals surface area contributed by atoms with E-state index in [0.29, 0.717) is 6.54 Å². The van der Waals surface area contributed by atoms with Crippen molar-refractivity contribution in [3.05, 3.63) is 35.5 Å². The number of benzene rings is 1. The third kappa shape index (κ3) is 1.32. The van der Waals surface area contributed by atoms with E-state index >= 15 is 0 Å². The summed E-state index contributed by atoms with van der Waals surface area (Å²) in [5.74, 6) is 0. The van der Waals surface area contributed by atoms with Crippen LogP contribution in [0.3, 0.4) is 0 Å². The van der Waals surface area contributed by atoms with E-state index < -0.39 is 0 Å². The number of hydrogen-bond acceptors (Lipinski definition) is 1. The van der Waals surface area contributed by atoms with Crippen LogP contribution in [0, 0.1) is 6.92 Å². The molecular weight excluding hydrogens is 172 g/mol. The molecule has 0 aliphatic carbocycles. The quantitative estimate of drug-likeness (QED) is 0.767. The zero-order valence-electron chi connectivity index (χ0n) is 8.75. The van der Waals surface area contributed by atoms with Gasteiger partial charge in [0, 0.05) is 24.1 Å². The zero-order valence-corrected chi connectivity index (χ0v) is 8.75. The van der Waals surface area contributed by atoms with Crippen LogP contribution >= 0.6 is 0 Å². The molecule has 2 aromatic rings. The summed E-state index contributed by atoms with van der Waals surface area (Å²) in [6, 6.07) is 6.41. The van der Waals surface area contributed by atoms with Crippen molar-refractivity contribution in [3.63, 3.8) is 0 Å². The van der Waals surface area contributed by atoms with E-state index in [1.54, 1.807) is 0 Å². The maximum Gasteiger partial charge on any atom is 0.0483 e. The van der Waals surface area contributed by atoms with Gasteiger partial charge in [0.25, 0.3) is 0 Å². The topological polar surface area (TPSA) is 30.9 Å². The summed E-state index contributed by atoms with van der Waals surface area (Å²) in [6.07, 6.45) is 3.15. The average molecular weight is 188 g/mol. The lowest BCUT2D eigenvalue weighted by molar-refractivity contribution is 0.929. The van der Waals surface area contributed by atoms with Gasteiger partial charge in [0.05, 0.1) is 0 Å². The van der Waals surface area contributed by atoms with Gasteiger partial charge in [-0.1, -0.05) is 12.1 Å². The van der Waals surface area contributed by atoms with Crippen LogP contribution in [0.25, 0.3) is 10.9 Å². The van der Waals surface area contributed by atoms with Crippen molar-refractivity contribution in [1.29, 1.82) is 0 Å². The molecule has 2 N–H and O–H groups in total. The summed E-state index contributed by atoms with van der Waals surface area (Å²) in [7, 11) is 2.09. The predicted molar refractivity (Wildman–Crippen MR) is 60.4 cm³/mol. The molecule has 0 bridgehead atoms. The van der Waals surface area contributed by atoms with Crippen LogP contribution in [0.4, 0.5) is 0 Å². The molecule has 2 heteroatoms. The first kappa shape index (κ1) is 9.28. The molecule has 0 fully saturated rings. The number of nitrogens with zero attached hydrogens (tertiary/aromatic N) is 1. The Kier molecular flexibility index (Phi) is 2.30. The molecule has 0 spiro atoms. The molecule has 0 radical (unpaired) electrons. The molecule has 2 rings (SSSR count). The summed E-state index contributed by atoms with van der Waals surface area (Å²) in [4.78, 5) is 0. The number of hydrogen-bond donors (Lipinski definition) is 1. The van der Waals surface area contributed by atoms with E-state index in [9.17, 15) is 0 Å². The molecule has 0 amide bonds. The highest BCUT2D eigenvalue weighted by molar-refractivity contribution is 5.87. The SMILES string of the molecule is Cc1cccc2c1c(CCN)cn2C. The van der Waals surface area contributed by atoms with E-state index in [0.717, 1.165) is 6.42 Å². The van der Waals surface area contributed by atoms with Crippen LogP contribution in [-0.2, 0) is 13.5 Å². The summed E-state index contributed by atoms with van der Waals surface area (Å²) in [5.41, 5.74) is 9.60. The normalized spacial score (nSPS) is 11.1. The van der Waals surface area contributed by atoms with Crippen LogP contribution in [0.15, 0.2) is 24.4 Å². The lowest BCUT2D eigenvalue weighted by Crippen LogP contribution is -2.02. The minimum Gasteiger partial charge on any atom is -0.350 e. The average Bonchev–Trinajstić information content (AvgIpc) is 2.46. The minimum absolute atomic E-state index is 0.716. The van der Waals surface area contributed by atoms with Gasteiger partial charge in [-0.3, -0.25) is 0 Å². The van der Waals surface area contributed by atoms with Gasteiger partial charge in [-0.05, 0) is 37.1 Å². The fourth-order valence-electron chi connectivity index (χ4n) is 2.08. The predicted octanol–water partition coefficient (Wildman–Crippen LogP) is 1.99. The van der Waals surface area contributed by atoms with Crippen LogP contribution in [-0.4, -0.2) is 11.1 Å². The van der Waals surface area contributed by atoms with Crippen molar-refractivity contribution < 1.29 is 0 Å². The zero-order chi connectivity index (χ0) is 10.1. The van der Waals surface area contributed by atoms with Gasteiger partial charge in [-0.25, -0.2) is 0 Å². The van der Waals surface area contributed by atoms with Gasteiger partial charge in [0.15, 0.2) is 0 Å². The lowest BCUT2D eigenvalue weighted by atomic mass is 10.1. The molecule has 0 aliphatic heterocycles. The van der Waals surface area contributed by atoms with Crippen molar-refractivity contribution in [2.75, 3.05) is 6.54 Å². The van der Waals surface area contributed by atoms with Crippen molar-refractivity contribution in [3.8, 4) is 0 Å². The number of fused-ring (bicyclic) bond motifs is 1. The Morgan fingerprint density at radius 1 is 1.36 bits per heavy atom. The Labute approximate surface area is 84.3 Å². The number of rotatable bonds is 2. The van der Waals surface area contributed by atoms with Crippen LogP contribution < -0.4 is 5.73 Å². The number of aromatic nitrogens is 1. The van der Waals surface area contributed by atoms with Gasteiger partial charge in [0.2, 0.25) is 0 Å². The largest absolute Gasteiger partial charge is 0.350 e. The van der Waals surface area contributed by atoms with Gasteiger partial charge in [-0.2, -0.15) is 0 Å². The minimum atomic E-state index is 0.716. The lowest BCUT2D eigenvalue weighted by Gasteiger charge is -2.00. The number of aryl methyl sites for hydroxylation is 2. The molecule has 2 nitrogen and oxygen atoms in total. The highest BCUT2D eigenvalue weighted by Gasteiger charge is 2.07. The van der Waals surface area contributed by atoms with E-state index in [-0.39, 0.29) is 0 Å². The molecule has 1 heterocycles. The van der Waals surface area contributed by atoms with Gasteiger partial charge < -0.3 is 10.3 Å². The summed E-state index contributed by atoms with van der Waals surface area (Å²) >= 11 is 0. The molecule has 1 aromatic heterocycles. The summed E-state index contributed by atoms with van der Waals surface area (Å²) < 4.78 is 2.17. The Morgan fingerprint density at radius 3 is 2.86 bits per heavy atom. The molecule has 0 atom stereocenters. The van der Waals surface area contributed by atoms with Crippen LogP contribution in [0.5, 0.6) is 0 Å². The van der Waals surface area contributed by atoms with Crippen molar-refractivity contribution >= 4 is 10.9 Å².